The third-order valence-corrected chi connectivity index (χ3v) is 6.33. The number of anilines is 1. The Morgan fingerprint density at radius 3 is 2.13 bits per heavy atom. The van der Waals surface area contributed by atoms with Crippen LogP contribution in [0.5, 0.6) is 0 Å². The minimum Gasteiger partial charge on any atom is -0.354 e. The molecule has 38 heavy (non-hydrogen) atoms. The van der Waals surface area contributed by atoms with Crippen LogP contribution in [0.3, 0.4) is 0 Å². The van der Waals surface area contributed by atoms with E-state index in [4.69, 9.17) is 0 Å². The molecular formula is C30H36N4O4. The topological polar surface area (TPSA) is 108 Å². The normalized spacial score (nSPS) is 13.6. The van der Waals surface area contributed by atoms with Crippen LogP contribution in [0.4, 0.5) is 5.69 Å². The zero-order chi connectivity index (χ0) is 27.8. The lowest BCUT2D eigenvalue weighted by molar-refractivity contribution is -0.133. The summed E-state index contributed by atoms with van der Waals surface area (Å²) in [6.45, 7) is 9.19. The van der Waals surface area contributed by atoms with Crippen LogP contribution in [0.15, 0.2) is 48.5 Å². The number of nitrogens with zero attached hydrogens (tertiary/aromatic N) is 1. The van der Waals surface area contributed by atoms with Gasteiger partial charge in [0.15, 0.2) is 0 Å². The van der Waals surface area contributed by atoms with Gasteiger partial charge in [-0.1, -0.05) is 69.9 Å². The van der Waals surface area contributed by atoms with Crippen LogP contribution < -0.4 is 20.9 Å². The molecule has 2 aromatic carbocycles. The van der Waals surface area contributed by atoms with Crippen LogP contribution in [0.2, 0.25) is 0 Å². The summed E-state index contributed by atoms with van der Waals surface area (Å²) < 4.78 is 0. The van der Waals surface area contributed by atoms with Crippen LogP contribution in [-0.4, -0.2) is 42.3 Å². The quantitative estimate of drug-likeness (QED) is 0.446. The van der Waals surface area contributed by atoms with Gasteiger partial charge >= 0.3 is 0 Å². The summed E-state index contributed by atoms with van der Waals surface area (Å²) in [5.41, 5.74) is 3.33. The number of carbonyl (C=O) groups excluding carboxylic acids is 4. The standard InChI is InChI=1S/C30H36N4O4/c1-19(2)27(33-29(37)21(5)32-28(36)20(3)4)30(38)31-17-16-26(35)34-18-24-12-7-6-10-22(24)14-15-23-11-8-9-13-25(23)34/h6-13,19-21,27H,16-18H2,1-5H3,(H,31,38)(H,32,36)(H,33,37)/t21-,27-/m1/s1. The van der Waals surface area contributed by atoms with E-state index in [1.54, 1.807) is 25.7 Å². The molecule has 3 N–H and O–H groups in total. The van der Waals surface area contributed by atoms with Crippen molar-refractivity contribution in [2.45, 2.75) is 59.7 Å². The van der Waals surface area contributed by atoms with E-state index in [2.05, 4.69) is 27.8 Å². The Morgan fingerprint density at radius 2 is 1.45 bits per heavy atom. The molecule has 0 fully saturated rings. The molecular weight excluding hydrogens is 480 g/mol. The highest BCUT2D eigenvalue weighted by atomic mass is 16.2. The minimum atomic E-state index is -0.805. The van der Waals surface area contributed by atoms with Crippen LogP contribution >= 0.6 is 0 Å². The Labute approximate surface area is 224 Å². The van der Waals surface area contributed by atoms with Gasteiger partial charge in [0.05, 0.1) is 12.2 Å². The molecule has 0 saturated carbocycles. The van der Waals surface area contributed by atoms with Crippen molar-refractivity contribution in [1.82, 2.24) is 16.0 Å². The van der Waals surface area contributed by atoms with E-state index >= 15 is 0 Å². The van der Waals surface area contributed by atoms with Crippen LogP contribution in [0.25, 0.3) is 0 Å². The van der Waals surface area contributed by atoms with Crippen molar-refractivity contribution in [1.29, 1.82) is 0 Å². The van der Waals surface area contributed by atoms with Crippen molar-refractivity contribution in [2.24, 2.45) is 11.8 Å². The number of benzene rings is 2. The molecule has 0 aromatic heterocycles. The van der Waals surface area contributed by atoms with Gasteiger partial charge in [-0.3, -0.25) is 19.2 Å². The Morgan fingerprint density at radius 1 is 0.816 bits per heavy atom. The fourth-order valence-electron chi connectivity index (χ4n) is 4.00. The summed E-state index contributed by atoms with van der Waals surface area (Å²) >= 11 is 0. The fourth-order valence-corrected chi connectivity index (χ4v) is 4.00. The molecule has 0 aliphatic carbocycles. The third kappa shape index (κ3) is 7.22. The smallest absolute Gasteiger partial charge is 0.242 e. The maximum absolute atomic E-state index is 13.4. The Bertz CT molecular complexity index is 1260. The first-order valence-electron chi connectivity index (χ1n) is 13.0. The molecule has 0 bridgehead atoms. The van der Waals surface area contributed by atoms with Gasteiger partial charge in [-0.05, 0) is 36.6 Å². The van der Waals surface area contributed by atoms with E-state index in [1.165, 1.54) is 0 Å². The number of amides is 4. The third-order valence-electron chi connectivity index (χ3n) is 6.33. The summed E-state index contributed by atoms with van der Waals surface area (Å²) in [7, 11) is 0. The van der Waals surface area contributed by atoms with Crippen LogP contribution in [-0.2, 0) is 25.7 Å². The predicted molar refractivity (Wildman–Crippen MR) is 147 cm³/mol. The molecule has 8 heteroatoms. The van der Waals surface area contributed by atoms with E-state index in [-0.39, 0.29) is 42.5 Å². The first kappa shape index (κ1) is 28.5. The molecule has 2 atom stereocenters. The Kier molecular flexibility index (Phi) is 9.66. The van der Waals surface area contributed by atoms with Crippen molar-refractivity contribution in [2.75, 3.05) is 11.4 Å². The Balaban J connectivity index is 1.64. The molecule has 0 saturated heterocycles. The van der Waals surface area contributed by atoms with E-state index in [0.29, 0.717) is 6.54 Å². The molecule has 2 aromatic rings. The molecule has 1 aliphatic rings. The molecule has 1 aliphatic heterocycles. The van der Waals surface area contributed by atoms with E-state index in [1.807, 2.05) is 62.4 Å². The zero-order valence-electron chi connectivity index (χ0n) is 22.6. The number of carbonyl (C=O) groups is 4. The zero-order valence-corrected chi connectivity index (χ0v) is 22.6. The van der Waals surface area contributed by atoms with Crippen molar-refractivity contribution in [3.05, 3.63) is 65.2 Å². The first-order valence-corrected chi connectivity index (χ1v) is 13.0. The number of rotatable bonds is 9. The van der Waals surface area contributed by atoms with Crippen molar-refractivity contribution >= 4 is 29.3 Å². The average Bonchev–Trinajstić information content (AvgIpc) is 2.87. The number of para-hydroxylation sites is 1. The molecule has 4 amide bonds. The van der Waals surface area contributed by atoms with Crippen molar-refractivity contribution in [3.63, 3.8) is 0 Å². The highest BCUT2D eigenvalue weighted by Crippen LogP contribution is 2.25. The van der Waals surface area contributed by atoms with Gasteiger partial charge in [0.2, 0.25) is 23.6 Å². The SMILES string of the molecule is CC(C)C(=O)N[C@H](C)C(=O)N[C@@H](C(=O)NCCC(=O)N1Cc2ccccc2C#Cc2ccccc21)C(C)C. The second kappa shape index (κ2) is 12.9. The number of fused-ring (bicyclic) bond motifs is 2. The molecule has 0 unspecified atom stereocenters. The second-order valence-corrected chi connectivity index (χ2v) is 10.1. The second-order valence-electron chi connectivity index (χ2n) is 10.1. The number of hydrogen-bond acceptors (Lipinski definition) is 4. The maximum Gasteiger partial charge on any atom is 0.242 e. The summed E-state index contributed by atoms with van der Waals surface area (Å²) in [4.78, 5) is 52.5. The molecule has 0 spiro atoms. The van der Waals surface area contributed by atoms with Gasteiger partial charge < -0.3 is 20.9 Å². The predicted octanol–water partition coefficient (Wildman–Crippen LogP) is 2.74. The van der Waals surface area contributed by atoms with Gasteiger partial charge in [-0.25, -0.2) is 0 Å². The lowest BCUT2D eigenvalue weighted by Gasteiger charge is -2.27. The largest absolute Gasteiger partial charge is 0.354 e. The van der Waals surface area contributed by atoms with Gasteiger partial charge in [0, 0.05) is 30.0 Å². The van der Waals surface area contributed by atoms with Gasteiger partial charge in [0.1, 0.15) is 12.1 Å². The number of nitrogens with one attached hydrogen (secondary N) is 3. The molecule has 8 nitrogen and oxygen atoms in total. The molecule has 1 heterocycles. The van der Waals surface area contributed by atoms with Gasteiger partial charge in [0.25, 0.3) is 0 Å². The lowest BCUT2D eigenvalue weighted by Crippen LogP contribution is -2.55. The van der Waals surface area contributed by atoms with Crippen LogP contribution in [0, 0.1) is 23.7 Å². The molecule has 3 rings (SSSR count). The first-order chi connectivity index (χ1) is 18.1. The van der Waals surface area contributed by atoms with Crippen LogP contribution in [0.1, 0.15) is 57.7 Å². The molecule has 0 radical (unpaired) electrons. The van der Waals surface area contributed by atoms with E-state index in [9.17, 15) is 19.2 Å². The summed E-state index contributed by atoms with van der Waals surface area (Å²) in [6, 6.07) is 13.7. The summed E-state index contributed by atoms with van der Waals surface area (Å²) in [5, 5.41) is 8.16. The monoisotopic (exact) mass is 516 g/mol. The minimum absolute atomic E-state index is 0.0787. The Hall–Kier alpha value is -4.12. The highest BCUT2D eigenvalue weighted by Gasteiger charge is 2.28. The summed E-state index contributed by atoms with van der Waals surface area (Å²) in [5.74, 6) is 4.71. The average molecular weight is 517 g/mol. The summed E-state index contributed by atoms with van der Waals surface area (Å²) in [6.07, 6.45) is 0.0787. The van der Waals surface area contributed by atoms with E-state index < -0.39 is 18.0 Å². The van der Waals surface area contributed by atoms with E-state index in [0.717, 1.165) is 22.4 Å². The van der Waals surface area contributed by atoms with Gasteiger partial charge in [-0.15, -0.1) is 0 Å². The lowest BCUT2D eigenvalue weighted by atomic mass is 10.0. The number of hydrogen-bond donors (Lipinski definition) is 3. The maximum atomic E-state index is 13.4. The highest BCUT2D eigenvalue weighted by molar-refractivity contribution is 5.96. The fraction of sp³-hybridized carbons (Fsp3) is 0.400. The van der Waals surface area contributed by atoms with Gasteiger partial charge in [-0.2, -0.15) is 0 Å². The molecule has 200 valence electrons. The van der Waals surface area contributed by atoms with Crippen molar-refractivity contribution in [3.8, 4) is 11.8 Å². The van der Waals surface area contributed by atoms with Crippen molar-refractivity contribution < 1.29 is 19.2 Å².